The SMILES string of the molecule is CCCCCC[N+]12CCCCC1CC(OCCCCN1CCCC1)N2. The molecule has 0 radical (unpaired) electrons. The maximum absolute atomic E-state index is 6.27. The van der Waals surface area contributed by atoms with Gasteiger partial charge in [0.25, 0.3) is 0 Å². The van der Waals surface area contributed by atoms with E-state index in [0.29, 0.717) is 6.23 Å². The quantitative estimate of drug-likeness (QED) is 0.448. The molecule has 0 spiro atoms. The number of nitrogens with zero attached hydrogens (tertiary/aromatic N) is 2. The Balaban J connectivity index is 1.35. The van der Waals surface area contributed by atoms with Gasteiger partial charge in [-0.3, -0.25) is 0 Å². The summed E-state index contributed by atoms with van der Waals surface area (Å²) in [7, 11) is 0. The number of piperidine rings is 1. The molecule has 25 heavy (non-hydrogen) atoms. The maximum Gasteiger partial charge on any atom is 0.158 e. The molecule has 3 heterocycles. The fourth-order valence-corrected chi connectivity index (χ4v) is 5.23. The third-order valence-corrected chi connectivity index (χ3v) is 6.73. The summed E-state index contributed by atoms with van der Waals surface area (Å²) in [5.74, 6) is 0. The predicted molar refractivity (Wildman–Crippen MR) is 104 cm³/mol. The lowest BCUT2D eigenvalue weighted by atomic mass is 9.99. The molecule has 0 aromatic heterocycles. The Morgan fingerprint density at radius 3 is 2.72 bits per heavy atom. The summed E-state index contributed by atoms with van der Waals surface area (Å²) >= 11 is 0. The van der Waals surface area contributed by atoms with E-state index in [1.807, 2.05) is 0 Å². The third kappa shape index (κ3) is 5.66. The van der Waals surface area contributed by atoms with Gasteiger partial charge in [-0.25, -0.2) is 4.59 Å². The molecule has 1 N–H and O–H groups in total. The van der Waals surface area contributed by atoms with Crippen LogP contribution < -0.4 is 5.43 Å². The van der Waals surface area contributed by atoms with Crippen LogP contribution in [0.25, 0.3) is 0 Å². The van der Waals surface area contributed by atoms with Crippen molar-refractivity contribution in [1.82, 2.24) is 10.3 Å². The number of ether oxygens (including phenoxy) is 1. The zero-order valence-corrected chi connectivity index (χ0v) is 16.7. The number of likely N-dealkylation sites (tertiary alicyclic amines) is 1. The van der Waals surface area contributed by atoms with Gasteiger partial charge in [-0.1, -0.05) is 19.8 Å². The molecule has 3 saturated heterocycles. The Hall–Kier alpha value is -0.160. The Morgan fingerprint density at radius 1 is 1.00 bits per heavy atom. The zero-order valence-electron chi connectivity index (χ0n) is 16.7. The molecule has 3 aliphatic rings. The number of fused-ring (bicyclic) bond motifs is 1. The number of nitrogens with one attached hydrogen (secondary N) is 1. The lowest BCUT2D eigenvalue weighted by Crippen LogP contribution is -2.62. The molecule has 4 heteroatoms. The Bertz CT molecular complexity index is 372. The second kappa shape index (κ2) is 10.2. The van der Waals surface area contributed by atoms with Crippen LogP contribution >= 0.6 is 0 Å². The van der Waals surface area contributed by atoms with Crippen molar-refractivity contribution in [2.75, 3.05) is 39.3 Å². The molecule has 3 aliphatic heterocycles. The van der Waals surface area contributed by atoms with Gasteiger partial charge < -0.3 is 9.64 Å². The van der Waals surface area contributed by atoms with Crippen molar-refractivity contribution in [2.24, 2.45) is 0 Å². The van der Waals surface area contributed by atoms with Gasteiger partial charge in [-0.05, 0) is 71.0 Å². The van der Waals surface area contributed by atoms with Gasteiger partial charge in [0.15, 0.2) is 6.23 Å². The highest BCUT2D eigenvalue weighted by Crippen LogP contribution is 2.33. The molecule has 0 amide bonds. The summed E-state index contributed by atoms with van der Waals surface area (Å²) < 4.78 is 7.44. The number of hydrogen-bond donors (Lipinski definition) is 1. The number of rotatable bonds is 11. The standard InChI is InChI=1S/C21H42N3O/c1-2-3-4-9-16-24-17-10-5-12-20(24)19-21(22-24)25-18-11-8-15-23-13-6-7-14-23/h20-22H,2-19H2,1H3/q+1. The Labute approximate surface area is 155 Å². The van der Waals surface area contributed by atoms with E-state index in [1.54, 1.807) is 0 Å². The van der Waals surface area contributed by atoms with E-state index < -0.39 is 0 Å². The average Bonchev–Trinajstić information content (AvgIpc) is 3.26. The summed E-state index contributed by atoms with van der Waals surface area (Å²) in [6.07, 6.45) is 16.6. The van der Waals surface area contributed by atoms with Gasteiger partial charge >= 0.3 is 0 Å². The zero-order chi connectivity index (χ0) is 17.4. The smallest absolute Gasteiger partial charge is 0.158 e. The summed E-state index contributed by atoms with van der Waals surface area (Å²) in [4.78, 5) is 2.62. The van der Waals surface area contributed by atoms with E-state index in [9.17, 15) is 0 Å². The normalized spacial score (nSPS) is 33.0. The van der Waals surface area contributed by atoms with E-state index in [-0.39, 0.29) is 0 Å². The van der Waals surface area contributed by atoms with Crippen LogP contribution in [0.5, 0.6) is 0 Å². The molecule has 0 aliphatic carbocycles. The van der Waals surface area contributed by atoms with E-state index >= 15 is 0 Å². The highest BCUT2D eigenvalue weighted by atomic mass is 16.5. The van der Waals surface area contributed by atoms with Gasteiger partial charge in [0.2, 0.25) is 0 Å². The summed E-state index contributed by atoms with van der Waals surface area (Å²) in [6.45, 7) is 9.81. The molecule has 3 rings (SSSR count). The molecule has 3 atom stereocenters. The first-order valence-electron chi connectivity index (χ1n) is 11.3. The van der Waals surface area contributed by atoms with Crippen molar-refractivity contribution in [3.05, 3.63) is 0 Å². The van der Waals surface area contributed by atoms with Crippen molar-refractivity contribution in [3.63, 3.8) is 0 Å². The van der Waals surface area contributed by atoms with Gasteiger partial charge in [0, 0.05) is 19.4 Å². The van der Waals surface area contributed by atoms with Gasteiger partial charge in [0.1, 0.15) is 6.04 Å². The molecular weight excluding hydrogens is 310 g/mol. The minimum atomic E-state index is 0.307. The molecule has 0 saturated carbocycles. The number of hydrogen-bond acceptors (Lipinski definition) is 3. The first kappa shape index (κ1) is 19.6. The Morgan fingerprint density at radius 2 is 1.88 bits per heavy atom. The molecule has 0 aromatic carbocycles. The minimum absolute atomic E-state index is 0.307. The first-order chi connectivity index (χ1) is 12.3. The van der Waals surface area contributed by atoms with Crippen LogP contribution in [-0.4, -0.2) is 61.1 Å². The summed E-state index contributed by atoms with van der Waals surface area (Å²) in [6, 6.07) is 0.810. The fraction of sp³-hybridized carbons (Fsp3) is 1.00. The van der Waals surface area contributed by atoms with E-state index in [2.05, 4.69) is 17.2 Å². The van der Waals surface area contributed by atoms with Crippen LogP contribution in [0.4, 0.5) is 0 Å². The van der Waals surface area contributed by atoms with Crippen LogP contribution in [0, 0.1) is 0 Å². The second-order valence-electron chi connectivity index (χ2n) is 8.67. The van der Waals surface area contributed by atoms with Gasteiger partial charge in [-0.15, -0.1) is 5.43 Å². The van der Waals surface area contributed by atoms with Crippen LogP contribution in [0.15, 0.2) is 0 Å². The van der Waals surface area contributed by atoms with Crippen LogP contribution in [0.1, 0.15) is 84.0 Å². The molecular formula is C21H42N3O+. The average molecular weight is 353 g/mol. The predicted octanol–water partition coefficient (Wildman–Crippen LogP) is 4.06. The second-order valence-corrected chi connectivity index (χ2v) is 8.67. The molecule has 3 fully saturated rings. The molecule has 0 bridgehead atoms. The fourth-order valence-electron chi connectivity index (χ4n) is 5.23. The first-order valence-corrected chi connectivity index (χ1v) is 11.3. The lowest BCUT2D eigenvalue weighted by Gasteiger charge is -2.42. The largest absolute Gasteiger partial charge is 0.358 e. The van der Waals surface area contributed by atoms with Crippen molar-refractivity contribution in [2.45, 2.75) is 96.2 Å². The maximum atomic E-state index is 6.27. The van der Waals surface area contributed by atoms with Crippen molar-refractivity contribution < 1.29 is 9.33 Å². The number of quaternary nitrogens is 1. The topological polar surface area (TPSA) is 24.5 Å². The highest BCUT2D eigenvalue weighted by Gasteiger charge is 2.48. The number of unbranched alkanes of at least 4 members (excludes halogenated alkanes) is 4. The third-order valence-electron chi connectivity index (χ3n) is 6.73. The summed E-state index contributed by atoms with van der Waals surface area (Å²) in [5, 5.41) is 0. The molecule has 4 nitrogen and oxygen atoms in total. The van der Waals surface area contributed by atoms with E-state index in [1.165, 1.54) is 114 Å². The van der Waals surface area contributed by atoms with Crippen LogP contribution in [-0.2, 0) is 4.74 Å². The van der Waals surface area contributed by atoms with Gasteiger partial charge in [0.05, 0.1) is 13.1 Å². The van der Waals surface area contributed by atoms with Crippen molar-refractivity contribution >= 4 is 0 Å². The van der Waals surface area contributed by atoms with E-state index in [0.717, 1.165) is 12.6 Å². The molecule has 0 aromatic rings. The van der Waals surface area contributed by atoms with Crippen molar-refractivity contribution in [1.29, 1.82) is 0 Å². The summed E-state index contributed by atoms with van der Waals surface area (Å²) in [5.41, 5.74) is 3.92. The molecule has 3 unspecified atom stereocenters. The lowest BCUT2D eigenvalue weighted by molar-refractivity contribution is -0.985. The van der Waals surface area contributed by atoms with E-state index in [4.69, 9.17) is 4.74 Å². The van der Waals surface area contributed by atoms with Crippen LogP contribution in [0.2, 0.25) is 0 Å². The Kier molecular flexibility index (Phi) is 8.03. The highest BCUT2D eigenvalue weighted by molar-refractivity contribution is 4.75. The van der Waals surface area contributed by atoms with Crippen molar-refractivity contribution in [3.8, 4) is 0 Å². The van der Waals surface area contributed by atoms with Crippen LogP contribution in [0.3, 0.4) is 0 Å². The monoisotopic (exact) mass is 352 g/mol. The van der Waals surface area contributed by atoms with Gasteiger partial charge in [-0.2, -0.15) is 0 Å². The minimum Gasteiger partial charge on any atom is -0.358 e. The molecule has 146 valence electrons.